The van der Waals surface area contributed by atoms with Crippen molar-refractivity contribution in [3.63, 3.8) is 0 Å². The van der Waals surface area contributed by atoms with Gasteiger partial charge in [-0.1, -0.05) is 19.3 Å². The Bertz CT molecular complexity index is 663. The van der Waals surface area contributed by atoms with E-state index in [0.717, 1.165) is 75.7 Å². The zero-order chi connectivity index (χ0) is 17.3. The molecule has 1 unspecified atom stereocenters. The minimum Gasteiger partial charge on any atom is -0.389 e. The average Bonchev–Trinajstić information content (AvgIpc) is 3.02. The minimum atomic E-state index is -0.519. The van der Waals surface area contributed by atoms with Crippen LogP contribution in [0.3, 0.4) is 0 Å². The number of hydrogen-bond acceptors (Lipinski definition) is 4. The van der Waals surface area contributed by atoms with E-state index in [1.807, 2.05) is 6.07 Å². The Balaban J connectivity index is 1.47. The number of β-amino-alcohol motifs (C(OH)–C–C–N with tert-alkyl or cyclic N) is 1. The molecule has 5 nitrogen and oxygen atoms in total. The molecule has 0 bridgehead atoms. The van der Waals surface area contributed by atoms with E-state index in [2.05, 4.69) is 10.00 Å². The molecular weight excluding hydrogens is 314 g/mol. The molecule has 1 saturated heterocycles. The Kier molecular flexibility index (Phi) is 4.96. The van der Waals surface area contributed by atoms with Gasteiger partial charge in [-0.2, -0.15) is 5.10 Å². The predicted molar refractivity (Wildman–Crippen MR) is 97.8 cm³/mol. The normalized spacial score (nSPS) is 26.5. The summed E-state index contributed by atoms with van der Waals surface area (Å²) in [4.78, 5) is 14.9. The molecule has 2 aliphatic carbocycles. The largest absolute Gasteiger partial charge is 0.389 e. The molecule has 1 atom stereocenters. The summed E-state index contributed by atoms with van der Waals surface area (Å²) in [5, 5.41) is 15.6. The highest BCUT2D eigenvalue weighted by Gasteiger charge is 2.35. The van der Waals surface area contributed by atoms with Crippen molar-refractivity contribution < 1.29 is 5.11 Å². The van der Waals surface area contributed by atoms with Gasteiger partial charge < -0.3 is 5.11 Å². The van der Waals surface area contributed by atoms with E-state index >= 15 is 0 Å². The van der Waals surface area contributed by atoms with Gasteiger partial charge in [-0.15, -0.1) is 0 Å². The first-order valence-electron chi connectivity index (χ1n) is 10.2. The first-order valence-corrected chi connectivity index (χ1v) is 10.2. The molecular formula is C20H31N3O2. The van der Waals surface area contributed by atoms with Crippen LogP contribution in [0.4, 0.5) is 0 Å². The fraction of sp³-hybridized carbons (Fsp3) is 0.800. The molecule has 0 aromatic carbocycles. The van der Waals surface area contributed by atoms with Gasteiger partial charge in [-0.3, -0.25) is 9.69 Å². The number of rotatable bonds is 4. The fourth-order valence-electron chi connectivity index (χ4n) is 4.99. The SMILES string of the molecule is O=c1cc2c(nn1CC1CCCN1CC1(O)CCCCC1)CCCC2. The van der Waals surface area contributed by atoms with E-state index in [1.165, 1.54) is 19.3 Å². The van der Waals surface area contributed by atoms with Gasteiger partial charge in [0.05, 0.1) is 17.8 Å². The van der Waals surface area contributed by atoms with Crippen LogP contribution in [-0.2, 0) is 19.4 Å². The highest BCUT2D eigenvalue weighted by atomic mass is 16.3. The minimum absolute atomic E-state index is 0.0453. The third kappa shape index (κ3) is 3.82. The lowest BCUT2D eigenvalue weighted by Crippen LogP contribution is -2.47. The van der Waals surface area contributed by atoms with Crippen molar-refractivity contribution in [2.24, 2.45) is 0 Å². The van der Waals surface area contributed by atoms with Gasteiger partial charge in [0, 0.05) is 18.7 Å². The van der Waals surface area contributed by atoms with Crippen molar-refractivity contribution in [2.45, 2.75) is 88.8 Å². The molecule has 0 amide bonds. The number of likely N-dealkylation sites (tertiary alicyclic amines) is 1. The van der Waals surface area contributed by atoms with Crippen LogP contribution in [-0.4, -0.2) is 44.5 Å². The van der Waals surface area contributed by atoms with Crippen LogP contribution < -0.4 is 5.56 Å². The molecule has 25 heavy (non-hydrogen) atoms. The Morgan fingerprint density at radius 3 is 2.76 bits per heavy atom. The molecule has 1 aromatic heterocycles. The number of nitrogens with zero attached hydrogens (tertiary/aromatic N) is 3. The van der Waals surface area contributed by atoms with Crippen molar-refractivity contribution in [3.05, 3.63) is 27.7 Å². The van der Waals surface area contributed by atoms with Crippen LogP contribution >= 0.6 is 0 Å². The molecule has 0 spiro atoms. The standard InChI is InChI=1S/C20H31N3O2/c24-19-13-16-7-2-3-9-18(16)21-23(19)14-17-8-6-12-22(17)15-20(25)10-4-1-5-11-20/h13,17,25H,1-12,14-15H2. The fourth-order valence-corrected chi connectivity index (χ4v) is 4.99. The summed E-state index contributed by atoms with van der Waals surface area (Å²) in [7, 11) is 0. The van der Waals surface area contributed by atoms with Gasteiger partial charge in [-0.05, 0) is 63.5 Å². The summed E-state index contributed by atoms with van der Waals surface area (Å²) < 4.78 is 1.69. The highest BCUT2D eigenvalue weighted by molar-refractivity contribution is 5.20. The van der Waals surface area contributed by atoms with Crippen molar-refractivity contribution in [3.8, 4) is 0 Å². The summed E-state index contributed by atoms with van der Waals surface area (Å²) in [6.45, 7) is 2.46. The first kappa shape index (κ1) is 17.2. The van der Waals surface area contributed by atoms with E-state index in [1.54, 1.807) is 4.68 Å². The van der Waals surface area contributed by atoms with Gasteiger partial charge in [0.2, 0.25) is 0 Å². The predicted octanol–water partition coefficient (Wildman–Crippen LogP) is 2.28. The molecule has 0 radical (unpaired) electrons. The molecule has 1 saturated carbocycles. The zero-order valence-electron chi connectivity index (χ0n) is 15.3. The first-order chi connectivity index (χ1) is 12.1. The molecule has 2 fully saturated rings. The topological polar surface area (TPSA) is 58.4 Å². The number of aliphatic hydroxyl groups is 1. The molecule has 1 aromatic rings. The second kappa shape index (κ2) is 7.20. The number of aryl methyl sites for hydroxylation is 2. The summed E-state index contributed by atoms with van der Waals surface area (Å²) in [5.74, 6) is 0. The Morgan fingerprint density at radius 1 is 1.12 bits per heavy atom. The van der Waals surface area contributed by atoms with E-state index in [4.69, 9.17) is 0 Å². The van der Waals surface area contributed by atoms with Crippen molar-refractivity contribution in [1.82, 2.24) is 14.7 Å². The summed E-state index contributed by atoms with van der Waals surface area (Å²) in [5.41, 5.74) is 1.81. The Morgan fingerprint density at radius 2 is 1.92 bits per heavy atom. The third-order valence-electron chi connectivity index (χ3n) is 6.44. The molecule has 3 aliphatic rings. The average molecular weight is 345 g/mol. The molecule has 4 rings (SSSR count). The lowest BCUT2D eigenvalue weighted by Gasteiger charge is -2.37. The Labute approximate surface area is 150 Å². The van der Waals surface area contributed by atoms with Crippen molar-refractivity contribution in [1.29, 1.82) is 0 Å². The number of hydrogen-bond donors (Lipinski definition) is 1. The van der Waals surface area contributed by atoms with Crippen molar-refractivity contribution >= 4 is 0 Å². The van der Waals surface area contributed by atoms with Crippen LogP contribution in [0.2, 0.25) is 0 Å². The van der Waals surface area contributed by atoms with Crippen LogP contribution in [0.15, 0.2) is 10.9 Å². The zero-order valence-corrected chi connectivity index (χ0v) is 15.3. The van der Waals surface area contributed by atoms with E-state index in [0.29, 0.717) is 12.6 Å². The monoisotopic (exact) mass is 345 g/mol. The molecule has 1 aliphatic heterocycles. The van der Waals surface area contributed by atoms with Gasteiger partial charge in [0.25, 0.3) is 5.56 Å². The van der Waals surface area contributed by atoms with Crippen LogP contribution in [0.25, 0.3) is 0 Å². The van der Waals surface area contributed by atoms with E-state index in [9.17, 15) is 9.90 Å². The van der Waals surface area contributed by atoms with Gasteiger partial charge >= 0.3 is 0 Å². The smallest absolute Gasteiger partial charge is 0.267 e. The molecule has 5 heteroatoms. The second-order valence-corrected chi connectivity index (χ2v) is 8.40. The summed E-state index contributed by atoms with van der Waals surface area (Å²) in [6.07, 6.45) is 12.0. The van der Waals surface area contributed by atoms with Gasteiger partial charge in [-0.25, -0.2) is 4.68 Å². The summed E-state index contributed by atoms with van der Waals surface area (Å²) in [6, 6.07) is 2.15. The Hall–Kier alpha value is -1.20. The van der Waals surface area contributed by atoms with Crippen LogP contribution in [0, 0.1) is 0 Å². The highest BCUT2D eigenvalue weighted by Crippen LogP contribution is 2.31. The lowest BCUT2D eigenvalue weighted by atomic mass is 9.84. The third-order valence-corrected chi connectivity index (χ3v) is 6.44. The molecule has 1 N–H and O–H groups in total. The van der Waals surface area contributed by atoms with E-state index in [-0.39, 0.29) is 5.56 Å². The second-order valence-electron chi connectivity index (χ2n) is 8.40. The molecule has 2 heterocycles. The van der Waals surface area contributed by atoms with E-state index < -0.39 is 5.60 Å². The van der Waals surface area contributed by atoms with Gasteiger partial charge in [0.15, 0.2) is 0 Å². The maximum Gasteiger partial charge on any atom is 0.267 e. The number of fused-ring (bicyclic) bond motifs is 1. The number of aromatic nitrogens is 2. The lowest BCUT2D eigenvalue weighted by molar-refractivity contribution is -0.0305. The molecule has 138 valence electrons. The van der Waals surface area contributed by atoms with Crippen molar-refractivity contribution in [2.75, 3.05) is 13.1 Å². The maximum absolute atomic E-state index is 12.5. The van der Waals surface area contributed by atoms with Gasteiger partial charge in [0.1, 0.15) is 0 Å². The van der Waals surface area contributed by atoms with Crippen LogP contribution in [0.1, 0.15) is 69.0 Å². The van der Waals surface area contributed by atoms with Crippen LogP contribution in [0.5, 0.6) is 0 Å². The quantitative estimate of drug-likeness (QED) is 0.909. The maximum atomic E-state index is 12.5. The summed E-state index contributed by atoms with van der Waals surface area (Å²) >= 11 is 0.